The smallest absolute Gasteiger partial charge is 0.408 e. The van der Waals surface area contributed by atoms with E-state index in [1.807, 2.05) is 31.2 Å². The summed E-state index contributed by atoms with van der Waals surface area (Å²) in [5.74, 6) is -0.461. The number of hydrogen-bond donors (Lipinski definition) is 3. The van der Waals surface area contributed by atoms with Crippen LogP contribution in [-0.2, 0) is 14.3 Å². The van der Waals surface area contributed by atoms with Crippen molar-refractivity contribution in [2.24, 2.45) is 0 Å². The molecule has 0 radical (unpaired) electrons. The minimum Gasteiger partial charge on any atom is -0.444 e. The fourth-order valence-electron chi connectivity index (χ4n) is 4.17. The first-order chi connectivity index (χ1) is 18.0. The molecule has 7 nitrogen and oxygen atoms in total. The van der Waals surface area contributed by atoms with Gasteiger partial charge in [-0.05, 0) is 46.1 Å². The number of hydrogen-bond acceptors (Lipinski definition) is 5. The molecule has 0 fully saturated rings. The topological polar surface area (TPSA) is 87.7 Å². The molecule has 2 N–H and O–H groups in total. The molecular formula is C30H51N3O4S. The fourth-order valence-corrected chi connectivity index (χ4v) is 4.42. The summed E-state index contributed by atoms with van der Waals surface area (Å²) in [6.45, 7) is 12.6. The minimum absolute atomic E-state index is 0.0871. The van der Waals surface area contributed by atoms with Gasteiger partial charge in [0.25, 0.3) is 0 Å². The number of unbranched alkanes of at least 4 members (excludes halogenated alkanes) is 7. The van der Waals surface area contributed by atoms with Crippen molar-refractivity contribution in [3.63, 3.8) is 0 Å². The Balaban J connectivity index is 3.26. The summed E-state index contributed by atoms with van der Waals surface area (Å²) in [5, 5.41) is 5.72. The molecule has 2 atom stereocenters. The Labute approximate surface area is 236 Å². The van der Waals surface area contributed by atoms with E-state index in [0.29, 0.717) is 13.1 Å². The highest BCUT2D eigenvalue weighted by molar-refractivity contribution is 7.80. The van der Waals surface area contributed by atoms with E-state index in [9.17, 15) is 14.4 Å². The van der Waals surface area contributed by atoms with Crippen molar-refractivity contribution < 1.29 is 19.1 Å². The molecule has 0 heterocycles. The van der Waals surface area contributed by atoms with Crippen LogP contribution in [-0.4, -0.2) is 53.3 Å². The molecule has 0 aromatic heterocycles. The van der Waals surface area contributed by atoms with Gasteiger partial charge in [-0.25, -0.2) is 4.79 Å². The number of carbonyl (C=O) groups excluding carboxylic acids is 3. The number of benzene rings is 1. The molecule has 1 aromatic rings. The van der Waals surface area contributed by atoms with E-state index >= 15 is 0 Å². The van der Waals surface area contributed by atoms with Crippen LogP contribution in [0.15, 0.2) is 24.3 Å². The summed E-state index contributed by atoms with van der Waals surface area (Å²) < 4.78 is 5.38. The third kappa shape index (κ3) is 13.0. The number of nitrogens with one attached hydrogen (secondary N) is 2. The van der Waals surface area contributed by atoms with E-state index in [1.165, 1.54) is 6.42 Å². The highest BCUT2D eigenvalue weighted by Crippen LogP contribution is 2.24. The van der Waals surface area contributed by atoms with E-state index < -0.39 is 23.8 Å². The fraction of sp³-hybridized carbons (Fsp3) is 0.700. The van der Waals surface area contributed by atoms with Gasteiger partial charge in [-0.1, -0.05) is 88.6 Å². The van der Waals surface area contributed by atoms with Crippen molar-refractivity contribution in [2.75, 3.05) is 18.8 Å². The zero-order valence-corrected chi connectivity index (χ0v) is 25.4. The van der Waals surface area contributed by atoms with Crippen molar-refractivity contribution in [2.45, 2.75) is 117 Å². The highest BCUT2D eigenvalue weighted by atomic mass is 32.1. The van der Waals surface area contributed by atoms with Crippen LogP contribution in [0.2, 0.25) is 0 Å². The number of rotatable bonds is 17. The molecular weight excluding hydrogens is 498 g/mol. The molecule has 0 aliphatic carbocycles. The number of nitrogens with zero attached hydrogens (tertiary/aromatic N) is 1. The Morgan fingerprint density at radius 3 is 2.08 bits per heavy atom. The van der Waals surface area contributed by atoms with Crippen LogP contribution in [0.25, 0.3) is 0 Å². The number of amides is 3. The van der Waals surface area contributed by atoms with Gasteiger partial charge in [0, 0.05) is 18.8 Å². The van der Waals surface area contributed by atoms with Crippen LogP contribution in [0.1, 0.15) is 110 Å². The quantitative estimate of drug-likeness (QED) is 0.156. The molecule has 1 aromatic carbocycles. The van der Waals surface area contributed by atoms with Crippen molar-refractivity contribution in [1.29, 1.82) is 0 Å². The minimum atomic E-state index is -0.922. The van der Waals surface area contributed by atoms with E-state index in [-0.39, 0.29) is 17.6 Å². The third-order valence-corrected chi connectivity index (χ3v) is 6.61. The third-order valence-electron chi connectivity index (χ3n) is 6.24. The second-order valence-corrected chi connectivity index (χ2v) is 11.4. The first-order valence-corrected chi connectivity index (χ1v) is 14.9. The molecule has 3 amide bonds. The van der Waals surface area contributed by atoms with Gasteiger partial charge in [0.1, 0.15) is 17.7 Å². The maximum absolute atomic E-state index is 13.9. The van der Waals surface area contributed by atoms with E-state index in [0.717, 1.165) is 62.5 Å². The van der Waals surface area contributed by atoms with Gasteiger partial charge < -0.3 is 20.3 Å². The SMILES string of the molecule is CCCCCCCCN(C(=O)C(CS)NC(=O)OC(C)(C)C)C(C(=O)NCCCCC)c1ccc(C)cc1. The molecule has 216 valence electrons. The molecule has 0 saturated heterocycles. The Bertz CT molecular complexity index is 839. The van der Waals surface area contributed by atoms with Crippen molar-refractivity contribution >= 4 is 30.5 Å². The first kappa shape index (κ1) is 33.8. The predicted molar refractivity (Wildman–Crippen MR) is 159 cm³/mol. The zero-order valence-electron chi connectivity index (χ0n) is 24.5. The summed E-state index contributed by atoms with van der Waals surface area (Å²) in [7, 11) is 0. The molecule has 38 heavy (non-hydrogen) atoms. The molecule has 0 aliphatic heterocycles. The molecule has 8 heteroatoms. The highest BCUT2D eigenvalue weighted by Gasteiger charge is 2.35. The lowest BCUT2D eigenvalue weighted by molar-refractivity contribution is -0.142. The summed E-state index contributed by atoms with van der Waals surface area (Å²) in [6, 6.07) is 6.00. The Hall–Kier alpha value is -2.22. The Morgan fingerprint density at radius 2 is 1.50 bits per heavy atom. The summed E-state index contributed by atoms with van der Waals surface area (Å²) in [6.07, 6.45) is 8.61. The normalized spacial score (nSPS) is 12.9. The second kappa shape index (κ2) is 18.1. The van der Waals surface area contributed by atoms with Crippen molar-refractivity contribution in [1.82, 2.24) is 15.5 Å². The van der Waals surface area contributed by atoms with Gasteiger partial charge in [0.05, 0.1) is 0 Å². The average molecular weight is 550 g/mol. The van der Waals surface area contributed by atoms with Crippen LogP contribution in [0.4, 0.5) is 4.79 Å². The Morgan fingerprint density at radius 1 is 0.921 bits per heavy atom. The lowest BCUT2D eigenvalue weighted by atomic mass is 10.0. The van der Waals surface area contributed by atoms with Gasteiger partial charge >= 0.3 is 6.09 Å². The average Bonchev–Trinajstić information content (AvgIpc) is 2.86. The summed E-state index contributed by atoms with van der Waals surface area (Å²) >= 11 is 4.37. The van der Waals surface area contributed by atoms with Gasteiger partial charge in [0.15, 0.2) is 0 Å². The largest absolute Gasteiger partial charge is 0.444 e. The molecule has 1 rings (SSSR count). The molecule has 2 unspecified atom stereocenters. The lowest BCUT2D eigenvalue weighted by Crippen LogP contribution is -2.54. The first-order valence-electron chi connectivity index (χ1n) is 14.3. The van der Waals surface area contributed by atoms with Crippen LogP contribution in [0.3, 0.4) is 0 Å². The number of aryl methyl sites for hydroxylation is 1. The van der Waals surface area contributed by atoms with Crippen LogP contribution in [0, 0.1) is 6.92 Å². The van der Waals surface area contributed by atoms with Gasteiger partial charge in [-0.3, -0.25) is 9.59 Å². The monoisotopic (exact) mass is 549 g/mol. The van der Waals surface area contributed by atoms with Gasteiger partial charge in [-0.2, -0.15) is 12.6 Å². The lowest BCUT2D eigenvalue weighted by Gasteiger charge is -2.34. The number of thiol groups is 1. The standard InChI is InChI=1S/C30H51N3O4S/c1-7-9-11-12-13-15-21-33(28(35)25(22-38)32-29(36)37-30(4,5)6)26(24-18-16-23(3)17-19-24)27(34)31-20-14-10-8-2/h16-19,25-26,38H,7-15,20-22H2,1-6H3,(H,31,34)(H,32,36). The van der Waals surface area contributed by atoms with Gasteiger partial charge in [0.2, 0.25) is 11.8 Å². The maximum atomic E-state index is 13.9. The summed E-state index contributed by atoms with van der Waals surface area (Å²) in [4.78, 5) is 41.7. The van der Waals surface area contributed by atoms with Crippen molar-refractivity contribution in [3.05, 3.63) is 35.4 Å². The number of ether oxygens (including phenoxy) is 1. The van der Waals surface area contributed by atoms with Crippen LogP contribution < -0.4 is 10.6 Å². The number of carbonyl (C=O) groups is 3. The maximum Gasteiger partial charge on any atom is 0.408 e. The van der Waals surface area contributed by atoms with Crippen molar-refractivity contribution in [3.8, 4) is 0 Å². The van der Waals surface area contributed by atoms with E-state index in [1.54, 1.807) is 25.7 Å². The Kier molecular flexibility index (Phi) is 16.1. The number of alkyl carbamates (subject to hydrolysis) is 1. The summed E-state index contributed by atoms with van der Waals surface area (Å²) in [5.41, 5.74) is 1.12. The second-order valence-electron chi connectivity index (χ2n) is 11.0. The van der Waals surface area contributed by atoms with Crippen LogP contribution in [0.5, 0.6) is 0 Å². The molecule has 0 spiro atoms. The zero-order chi connectivity index (χ0) is 28.6. The molecule has 0 bridgehead atoms. The molecule has 0 saturated carbocycles. The van der Waals surface area contributed by atoms with Crippen LogP contribution >= 0.6 is 12.6 Å². The predicted octanol–water partition coefficient (Wildman–Crippen LogP) is 6.35. The molecule has 0 aliphatic rings. The van der Waals surface area contributed by atoms with Gasteiger partial charge in [-0.15, -0.1) is 0 Å². The van der Waals surface area contributed by atoms with E-state index in [4.69, 9.17) is 4.74 Å². The van der Waals surface area contributed by atoms with E-state index in [2.05, 4.69) is 37.1 Å².